The van der Waals surface area contributed by atoms with Crippen LogP contribution in [-0.4, -0.2) is 30.0 Å². The molecule has 0 spiro atoms. The average molecular weight is 433 g/mol. The van der Waals surface area contributed by atoms with Crippen molar-refractivity contribution in [2.24, 2.45) is 5.90 Å². The molecule has 1 aliphatic rings. The highest BCUT2D eigenvalue weighted by Crippen LogP contribution is 2.38. The molecule has 30 heavy (non-hydrogen) atoms. The Kier molecular flexibility index (Phi) is 7.80. The summed E-state index contributed by atoms with van der Waals surface area (Å²) in [6, 6.07) is 15.9. The Morgan fingerprint density at radius 1 is 0.867 bits per heavy atom. The normalized spacial score (nSPS) is 20.3. The van der Waals surface area contributed by atoms with E-state index < -0.39 is 30.6 Å². The molecule has 0 aromatic heterocycles. The van der Waals surface area contributed by atoms with Crippen molar-refractivity contribution < 1.29 is 36.0 Å². The largest absolute Gasteiger partial charge is 0.420 e. The van der Waals surface area contributed by atoms with E-state index in [1.165, 1.54) is 48.5 Å². The summed E-state index contributed by atoms with van der Waals surface area (Å²) in [6.45, 7) is 0.218. The first-order valence-corrected chi connectivity index (χ1v) is 8.49. The second-order valence-corrected chi connectivity index (χ2v) is 6.15. The Labute approximate surface area is 168 Å². The molecule has 2 aromatic rings. The zero-order valence-electron chi connectivity index (χ0n) is 15.3. The van der Waals surface area contributed by atoms with Crippen LogP contribution in [0.5, 0.6) is 0 Å². The molecular weight excluding hydrogens is 416 g/mol. The molecule has 0 aliphatic carbocycles. The SMILES string of the molecule is N#CC1CN1OC(c1ccccc1)C(F)(F)F.NOC(c1ccccc1)C(F)(F)F. The minimum Gasteiger partial charge on any atom is -0.287 e. The summed E-state index contributed by atoms with van der Waals surface area (Å²) in [4.78, 5) is 8.68. The Morgan fingerprint density at radius 3 is 1.63 bits per heavy atom. The number of rotatable bonds is 5. The van der Waals surface area contributed by atoms with E-state index in [0.29, 0.717) is 0 Å². The lowest BCUT2D eigenvalue weighted by molar-refractivity contribution is -0.273. The van der Waals surface area contributed by atoms with Gasteiger partial charge in [-0.2, -0.15) is 36.7 Å². The molecule has 0 bridgehead atoms. The van der Waals surface area contributed by atoms with E-state index in [-0.39, 0.29) is 17.7 Å². The van der Waals surface area contributed by atoms with E-state index in [0.717, 1.165) is 5.06 Å². The first-order chi connectivity index (χ1) is 14.1. The predicted octanol–water partition coefficient (Wildman–Crippen LogP) is 4.61. The van der Waals surface area contributed by atoms with E-state index >= 15 is 0 Å². The minimum atomic E-state index is -4.50. The van der Waals surface area contributed by atoms with Crippen LogP contribution in [0.25, 0.3) is 0 Å². The summed E-state index contributed by atoms with van der Waals surface area (Å²) in [5, 5.41) is 9.54. The maximum Gasteiger partial charge on any atom is 0.420 e. The number of hydrogen-bond donors (Lipinski definition) is 1. The Balaban J connectivity index is 0.000000222. The van der Waals surface area contributed by atoms with Gasteiger partial charge in [0.15, 0.2) is 12.2 Å². The fourth-order valence-electron chi connectivity index (χ4n) is 2.39. The van der Waals surface area contributed by atoms with Crippen molar-refractivity contribution in [1.82, 2.24) is 5.06 Å². The molecule has 0 amide bonds. The molecule has 1 heterocycles. The van der Waals surface area contributed by atoms with Crippen LogP contribution in [0, 0.1) is 11.3 Å². The number of nitrogens with two attached hydrogens (primary N) is 1. The van der Waals surface area contributed by atoms with Crippen LogP contribution in [-0.2, 0) is 9.68 Å². The molecule has 3 rings (SSSR count). The molecule has 2 N–H and O–H groups in total. The topological polar surface area (TPSA) is 71.3 Å². The molecule has 162 valence electrons. The van der Waals surface area contributed by atoms with E-state index in [9.17, 15) is 26.3 Å². The number of alkyl halides is 6. The predicted molar refractivity (Wildman–Crippen MR) is 92.9 cm³/mol. The van der Waals surface area contributed by atoms with Gasteiger partial charge >= 0.3 is 12.4 Å². The van der Waals surface area contributed by atoms with Gasteiger partial charge in [-0.25, -0.2) is 5.90 Å². The highest BCUT2D eigenvalue weighted by molar-refractivity contribution is 5.20. The molecule has 4 unspecified atom stereocenters. The lowest BCUT2D eigenvalue weighted by Gasteiger charge is -2.20. The number of hydroxylamine groups is 2. The van der Waals surface area contributed by atoms with Gasteiger partial charge in [-0.15, -0.1) is 0 Å². The van der Waals surface area contributed by atoms with Gasteiger partial charge in [0.2, 0.25) is 0 Å². The maximum absolute atomic E-state index is 12.8. The lowest BCUT2D eigenvalue weighted by Crippen LogP contribution is -2.26. The van der Waals surface area contributed by atoms with Crippen LogP contribution in [0.3, 0.4) is 0 Å². The van der Waals surface area contributed by atoms with Crippen LogP contribution in [0.1, 0.15) is 23.3 Å². The third-order valence-corrected chi connectivity index (χ3v) is 3.89. The van der Waals surface area contributed by atoms with Gasteiger partial charge in [0, 0.05) is 0 Å². The van der Waals surface area contributed by atoms with Crippen LogP contribution < -0.4 is 5.90 Å². The molecule has 11 heteroatoms. The first kappa shape index (κ1) is 23.6. The Bertz CT molecular complexity index is 824. The molecular formula is C19H17F6N3O2. The van der Waals surface area contributed by atoms with Crippen molar-refractivity contribution in [3.05, 3.63) is 71.8 Å². The fraction of sp³-hybridized carbons (Fsp3) is 0.316. The number of hydrogen-bond acceptors (Lipinski definition) is 5. The Hall–Kier alpha value is -2.65. The van der Waals surface area contributed by atoms with Crippen LogP contribution in [0.4, 0.5) is 26.3 Å². The van der Waals surface area contributed by atoms with E-state index in [4.69, 9.17) is 10.1 Å². The first-order valence-electron chi connectivity index (χ1n) is 8.49. The summed E-state index contributed by atoms with van der Waals surface area (Å²) >= 11 is 0. The van der Waals surface area contributed by atoms with Crippen LogP contribution in [0.15, 0.2) is 60.7 Å². The third-order valence-electron chi connectivity index (χ3n) is 3.89. The number of nitriles is 1. The van der Waals surface area contributed by atoms with Crippen molar-refractivity contribution in [2.75, 3.05) is 6.54 Å². The van der Waals surface area contributed by atoms with Gasteiger partial charge in [0.05, 0.1) is 12.6 Å². The molecule has 0 radical (unpaired) electrons. The van der Waals surface area contributed by atoms with Crippen molar-refractivity contribution in [1.29, 1.82) is 5.26 Å². The van der Waals surface area contributed by atoms with Gasteiger partial charge in [-0.1, -0.05) is 60.7 Å². The van der Waals surface area contributed by atoms with Gasteiger partial charge in [0.1, 0.15) is 6.04 Å². The minimum absolute atomic E-state index is 0.00231. The molecule has 1 saturated heterocycles. The summed E-state index contributed by atoms with van der Waals surface area (Å²) in [5.41, 5.74) is 0.0288. The van der Waals surface area contributed by atoms with Crippen LogP contribution >= 0.6 is 0 Å². The highest BCUT2D eigenvalue weighted by Gasteiger charge is 2.48. The monoisotopic (exact) mass is 433 g/mol. The zero-order chi connectivity index (χ0) is 22.4. The zero-order valence-corrected chi connectivity index (χ0v) is 15.3. The van der Waals surface area contributed by atoms with Gasteiger partial charge in [0.25, 0.3) is 0 Å². The van der Waals surface area contributed by atoms with Crippen LogP contribution in [0.2, 0.25) is 0 Å². The van der Waals surface area contributed by atoms with Crippen molar-refractivity contribution in [2.45, 2.75) is 30.6 Å². The number of halogens is 6. The third kappa shape index (κ3) is 6.70. The second-order valence-electron chi connectivity index (χ2n) is 6.15. The van der Waals surface area contributed by atoms with Crippen molar-refractivity contribution >= 4 is 0 Å². The standard InChI is InChI=1S/C11H9F3N2O.C8H8F3NO/c12-11(13,14)10(8-4-2-1-3-5-8)17-16-7-9(16)6-15;9-8(10,11)7(13-12)6-4-2-1-3-5-6/h1-5,9-10H,7H2;1-5,7H,12H2. The Morgan fingerprint density at radius 2 is 1.30 bits per heavy atom. The van der Waals surface area contributed by atoms with Crippen molar-refractivity contribution in [3.8, 4) is 6.07 Å². The number of benzene rings is 2. The van der Waals surface area contributed by atoms with Crippen molar-refractivity contribution in [3.63, 3.8) is 0 Å². The number of nitrogens with zero attached hydrogens (tertiary/aromatic N) is 2. The molecule has 1 aliphatic heterocycles. The van der Waals surface area contributed by atoms with Gasteiger partial charge in [-0.3, -0.25) is 9.68 Å². The van der Waals surface area contributed by atoms with E-state index in [1.54, 1.807) is 12.1 Å². The highest BCUT2D eigenvalue weighted by atomic mass is 19.4. The summed E-state index contributed by atoms with van der Waals surface area (Å²) in [6.07, 6.45) is -13.0. The summed E-state index contributed by atoms with van der Waals surface area (Å²) in [7, 11) is 0. The maximum atomic E-state index is 12.8. The molecule has 0 saturated carbocycles. The quantitative estimate of drug-likeness (QED) is 0.424. The smallest absolute Gasteiger partial charge is 0.287 e. The van der Waals surface area contributed by atoms with E-state index in [2.05, 4.69) is 10.7 Å². The van der Waals surface area contributed by atoms with E-state index in [1.807, 2.05) is 6.07 Å². The fourth-order valence-corrected chi connectivity index (χ4v) is 2.39. The average Bonchev–Trinajstić information content (AvgIpc) is 3.45. The molecule has 4 atom stereocenters. The summed E-state index contributed by atoms with van der Waals surface area (Å²) in [5.74, 6) is 4.57. The molecule has 2 aromatic carbocycles. The van der Waals surface area contributed by atoms with Gasteiger partial charge < -0.3 is 0 Å². The van der Waals surface area contributed by atoms with Gasteiger partial charge in [-0.05, 0) is 11.1 Å². The summed E-state index contributed by atoms with van der Waals surface area (Å²) < 4.78 is 75.0. The molecule has 5 nitrogen and oxygen atoms in total. The molecule has 1 fully saturated rings. The second kappa shape index (κ2) is 9.90. The lowest BCUT2D eigenvalue weighted by atomic mass is 10.1.